The van der Waals surface area contributed by atoms with Crippen LogP contribution in [0.25, 0.3) is 0 Å². The van der Waals surface area contributed by atoms with Gasteiger partial charge in [-0.1, -0.05) is 29.3 Å². The van der Waals surface area contributed by atoms with Crippen LogP contribution in [0.5, 0.6) is 0 Å². The Morgan fingerprint density at radius 2 is 2.00 bits per heavy atom. The highest BCUT2D eigenvalue weighted by Crippen LogP contribution is 2.28. The van der Waals surface area contributed by atoms with E-state index in [1.165, 1.54) is 0 Å². The number of hydrogen-bond acceptors (Lipinski definition) is 2. The molecule has 1 atom stereocenters. The van der Waals surface area contributed by atoms with Crippen LogP contribution in [0, 0.1) is 0 Å². The second-order valence-electron chi connectivity index (χ2n) is 3.74. The first-order chi connectivity index (χ1) is 8.06. The molecule has 2 rings (SSSR count). The Balaban J connectivity index is 2.12. The standard InChI is InChI=1S/C12H10BrCl2NS/c13-12-5-8(6-17-12)11(16)4-7-1-2-9(14)10(15)3-7/h1-3,5-6,11H,4,16H2. The molecular formula is C12H10BrCl2NS. The minimum absolute atomic E-state index is 0.0187. The molecule has 17 heavy (non-hydrogen) atoms. The maximum atomic E-state index is 6.14. The fourth-order valence-electron chi connectivity index (χ4n) is 1.56. The van der Waals surface area contributed by atoms with Crippen LogP contribution < -0.4 is 5.73 Å². The van der Waals surface area contributed by atoms with Gasteiger partial charge in [-0.25, -0.2) is 0 Å². The maximum absolute atomic E-state index is 6.14. The third-order valence-electron chi connectivity index (χ3n) is 2.46. The summed E-state index contributed by atoms with van der Waals surface area (Å²) in [6.07, 6.45) is 0.750. The summed E-state index contributed by atoms with van der Waals surface area (Å²) in [5.41, 5.74) is 8.36. The van der Waals surface area contributed by atoms with Crippen molar-refractivity contribution in [2.75, 3.05) is 0 Å². The Hall–Kier alpha value is -0.0600. The van der Waals surface area contributed by atoms with Crippen molar-refractivity contribution in [1.29, 1.82) is 0 Å². The molecule has 90 valence electrons. The fourth-order valence-corrected chi connectivity index (χ4v) is 3.12. The summed E-state index contributed by atoms with van der Waals surface area (Å²) in [4.78, 5) is 0. The summed E-state index contributed by atoms with van der Waals surface area (Å²) >= 11 is 16.9. The molecule has 1 aromatic carbocycles. The number of thiophene rings is 1. The van der Waals surface area contributed by atoms with Gasteiger partial charge in [0.25, 0.3) is 0 Å². The van der Waals surface area contributed by atoms with E-state index in [0.29, 0.717) is 10.0 Å². The zero-order valence-corrected chi connectivity index (χ0v) is 12.7. The van der Waals surface area contributed by atoms with Gasteiger partial charge in [0.15, 0.2) is 0 Å². The molecular weight excluding hydrogens is 341 g/mol. The van der Waals surface area contributed by atoms with Gasteiger partial charge in [0, 0.05) is 6.04 Å². The van der Waals surface area contributed by atoms with Crippen molar-refractivity contribution in [2.45, 2.75) is 12.5 Å². The Bertz CT molecular complexity index is 527. The minimum Gasteiger partial charge on any atom is -0.324 e. The number of nitrogens with two attached hydrogens (primary N) is 1. The van der Waals surface area contributed by atoms with Crippen LogP contribution in [0.15, 0.2) is 33.4 Å². The van der Waals surface area contributed by atoms with E-state index in [1.54, 1.807) is 17.4 Å². The third kappa shape index (κ3) is 3.46. The van der Waals surface area contributed by atoms with Crippen molar-refractivity contribution < 1.29 is 0 Å². The monoisotopic (exact) mass is 349 g/mol. The number of hydrogen-bond donors (Lipinski definition) is 1. The van der Waals surface area contributed by atoms with Crippen molar-refractivity contribution in [3.8, 4) is 0 Å². The topological polar surface area (TPSA) is 26.0 Å². The summed E-state index contributed by atoms with van der Waals surface area (Å²) in [5, 5.41) is 3.21. The molecule has 0 saturated heterocycles. The lowest BCUT2D eigenvalue weighted by atomic mass is 10.0. The second kappa shape index (κ2) is 5.72. The van der Waals surface area contributed by atoms with E-state index in [-0.39, 0.29) is 6.04 Å². The summed E-state index contributed by atoms with van der Waals surface area (Å²) < 4.78 is 1.09. The predicted octanol–water partition coefficient (Wildman–Crippen LogP) is 5.06. The molecule has 5 heteroatoms. The van der Waals surface area contributed by atoms with Gasteiger partial charge in [0.1, 0.15) is 0 Å². The molecule has 0 aliphatic rings. The van der Waals surface area contributed by atoms with Crippen LogP contribution in [0.1, 0.15) is 17.2 Å². The van der Waals surface area contributed by atoms with Crippen molar-refractivity contribution in [3.05, 3.63) is 54.6 Å². The molecule has 2 aromatic rings. The van der Waals surface area contributed by atoms with Crippen LogP contribution >= 0.6 is 50.5 Å². The van der Waals surface area contributed by atoms with E-state index in [9.17, 15) is 0 Å². The van der Waals surface area contributed by atoms with E-state index in [0.717, 1.165) is 21.3 Å². The molecule has 0 radical (unpaired) electrons. The lowest BCUT2D eigenvalue weighted by Gasteiger charge is -2.10. The Kier molecular flexibility index (Phi) is 4.50. The molecule has 0 amide bonds. The van der Waals surface area contributed by atoms with E-state index in [1.807, 2.05) is 18.2 Å². The fraction of sp³-hybridized carbons (Fsp3) is 0.167. The molecule has 0 aliphatic heterocycles. The van der Waals surface area contributed by atoms with E-state index < -0.39 is 0 Å². The number of benzene rings is 1. The van der Waals surface area contributed by atoms with E-state index >= 15 is 0 Å². The molecule has 0 bridgehead atoms. The van der Waals surface area contributed by atoms with E-state index in [4.69, 9.17) is 28.9 Å². The van der Waals surface area contributed by atoms with Gasteiger partial charge in [-0.3, -0.25) is 0 Å². The molecule has 0 saturated carbocycles. The van der Waals surface area contributed by atoms with Crippen molar-refractivity contribution in [3.63, 3.8) is 0 Å². The van der Waals surface area contributed by atoms with Gasteiger partial charge in [0.2, 0.25) is 0 Å². The molecule has 1 aromatic heterocycles. The molecule has 0 fully saturated rings. The number of rotatable bonds is 3. The minimum atomic E-state index is -0.0187. The predicted molar refractivity (Wildman–Crippen MR) is 79.1 cm³/mol. The van der Waals surface area contributed by atoms with Crippen molar-refractivity contribution in [1.82, 2.24) is 0 Å². The number of halogens is 3. The first kappa shape index (κ1) is 13.4. The van der Waals surface area contributed by atoms with Gasteiger partial charge in [0.05, 0.1) is 13.8 Å². The summed E-state index contributed by atoms with van der Waals surface area (Å²) in [7, 11) is 0. The highest BCUT2D eigenvalue weighted by molar-refractivity contribution is 9.11. The average Bonchev–Trinajstić information content (AvgIpc) is 2.70. The quantitative estimate of drug-likeness (QED) is 0.822. The van der Waals surface area contributed by atoms with Crippen molar-refractivity contribution >= 4 is 50.5 Å². The zero-order valence-electron chi connectivity index (χ0n) is 8.79. The van der Waals surface area contributed by atoms with Crippen LogP contribution in [0.4, 0.5) is 0 Å². The van der Waals surface area contributed by atoms with Crippen LogP contribution in [-0.2, 0) is 6.42 Å². The molecule has 1 nitrogen and oxygen atoms in total. The van der Waals surface area contributed by atoms with Gasteiger partial charge in [-0.15, -0.1) is 11.3 Å². The van der Waals surface area contributed by atoms with Gasteiger partial charge in [-0.05, 0) is 57.1 Å². The van der Waals surface area contributed by atoms with Crippen LogP contribution in [0.2, 0.25) is 10.0 Å². The van der Waals surface area contributed by atoms with Crippen molar-refractivity contribution in [2.24, 2.45) is 5.73 Å². The molecule has 2 N–H and O–H groups in total. The SMILES string of the molecule is NC(Cc1ccc(Cl)c(Cl)c1)c1csc(Br)c1. The smallest absolute Gasteiger partial charge is 0.0701 e. The van der Waals surface area contributed by atoms with Gasteiger partial charge < -0.3 is 5.73 Å². The highest BCUT2D eigenvalue weighted by atomic mass is 79.9. The van der Waals surface area contributed by atoms with Gasteiger partial charge in [-0.2, -0.15) is 0 Å². The maximum Gasteiger partial charge on any atom is 0.0701 e. The van der Waals surface area contributed by atoms with Crippen LogP contribution in [0.3, 0.4) is 0 Å². The Morgan fingerprint density at radius 3 is 2.59 bits per heavy atom. The summed E-state index contributed by atoms with van der Waals surface area (Å²) in [5.74, 6) is 0. The molecule has 1 unspecified atom stereocenters. The molecule has 0 spiro atoms. The largest absolute Gasteiger partial charge is 0.324 e. The average molecular weight is 351 g/mol. The lowest BCUT2D eigenvalue weighted by Crippen LogP contribution is -2.12. The third-order valence-corrected chi connectivity index (χ3v) is 4.72. The normalized spacial score (nSPS) is 12.7. The molecule has 0 aliphatic carbocycles. The first-order valence-electron chi connectivity index (χ1n) is 4.99. The summed E-state index contributed by atoms with van der Waals surface area (Å²) in [6.45, 7) is 0. The second-order valence-corrected chi connectivity index (χ2v) is 6.85. The van der Waals surface area contributed by atoms with E-state index in [2.05, 4.69) is 21.3 Å². The zero-order chi connectivity index (χ0) is 12.4. The molecule has 1 heterocycles. The Labute approximate surface area is 123 Å². The first-order valence-corrected chi connectivity index (χ1v) is 7.42. The lowest BCUT2D eigenvalue weighted by molar-refractivity contribution is 0.725. The highest BCUT2D eigenvalue weighted by Gasteiger charge is 2.10. The Morgan fingerprint density at radius 1 is 1.24 bits per heavy atom. The van der Waals surface area contributed by atoms with Gasteiger partial charge >= 0.3 is 0 Å². The summed E-state index contributed by atoms with van der Waals surface area (Å²) in [6, 6.07) is 7.65. The van der Waals surface area contributed by atoms with Crippen LogP contribution in [-0.4, -0.2) is 0 Å².